The summed E-state index contributed by atoms with van der Waals surface area (Å²) in [5.74, 6) is 0.478. The van der Waals surface area contributed by atoms with E-state index < -0.39 is 0 Å². The number of nitrogens with one attached hydrogen (secondary N) is 2. The number of anilines is 3. The van der Waals surface area contributed by atoms with Crippen LogP contribution in [0.5, 0.6) is 5.75 Å². The molecule has 0 saturated carbocycles. The van der Waals surface area contributed by atoms with Crippen LogP contribution in [0.4, 0.5) is 17.1 Å². The fourth-order valence-electron chi connectivity index (χ4n) is 1.71. The summed E-state index contributed by atoms with van der Waals surface area (Å²) >= 11 is 5.50. The van der Waals surface area contributed by atoms with Gasteiger partial charge in [-0.2, -0.15) is 0 Å². The highest BCUT2D eigenvalue weighted by Crippen LogP contribution is 2.26. The van der Waals surface area contributed by atoms with Gasteiger partial charge in [-0.1, -0.05) is 12.1 Å². The van der Waals surface area contributed by atoms with E-state index >= 15 is 0 Å². The van der Waals surface area contributed by atoms with Gasteiger partial charge in [-0.15, -0.1) is 11.6 Å². The highest BCUT2D eigenvalue weighted by Gasteiger charge is 2.05. The van der Waals surface area contributed by atoms with Crippen molar-refractivity contribution in [2.75, 3.05) is 23.6 Å². The van der Waals surface area contributed by atoms with Gasteiger partial charge in [0.15, 0.2) is 0 Å². The van der Waals surface area contributed by atoms with E-state index in [0.29, 0.717) is 5.69 Å². The third kappa shape index (κ3) is 3.65. The molecule has 104 valence electrons. The maximum Gasteiger partial charge on any atom is 0.239 e. The maximum absolute atomic E-state index is 11.4. The largest absolute Gasteiger partial charge is 0.497 e. The summed E-state index contributed by atoms with van der Waals surface area (Å²) in [5, 5.41) is 5.98. The lowest BCUT2D eigenvalue weighted by Crippen LogP contribution is -2.13. The quantitative estimate of drug-likeness (QED) is 0.827. The van der Waals surface area contributed by atoms with Gasteiger partial charge in [-0.3, -0.25) is 4.79 Å². The Hall–Kier alpha value is -2.20. The van der Waals surface area contributed by atoms with E-state index in [1.165, 1.54) is 0 Å². The molecule has 2 aromatic carbocycles. The number of carbonyl (C=O) groups is 1. The normalized spacial score (nSPS) is 9.90. The van der Waals surface area contributed by atoms with Crippen LogP contribution in [-0.2, 0) is 4.79 Å². The maximum atomic E-state index is 11.4. The zero-order valence-electron chi connectivity index (χ0n) is 11.0. The second-order valence-electron chi connectivity index (χ2n) is 4.08. The molecular formula is C15H15ClN2O2. The van der Waals surface area contributed by atoms with Gasteiger partial charge in [0.25, 0.3) is 0 Å². The zero-order chi connectivity index (χ0) is 14.4. The van der Waals surface area contributed by atoms with Crippen molar-refractivity contribution in [2.24, 2.45) is 0 Å². The van der Waals surface area contributed by atoms with Crippen molar-refractivity contribution in [1.29, 1.82) is 0 Å². The second kappa shape index (κ2) is 6.82. The van der Waals surface area contributed by atoms with Crippen LogP contribution in [0.15, 0.2) is 48.5 Å². The van der Waals surface area contributed by atoms with Crippen LogP contribution in [-0.4, -0.2) is 18.9 Å². The molecule has 0 bridgehead atoms. The lowest BCUT2D eigenvalue weighted by Gasteiger charge is -2.12. The number of methoxy groups -OCH3 is 1. The summed E-state index contributed by atoms with van der Waals surface area (Å²) in [5.41, 5.74) is 2.39. The minimum absolute atomic E-state index is 0.0725. The molecule has 0 aliphatic carbocycles. The van der Waals surface area contributed by atoms with Crippen LogP contribution in [0.3, 0.4) is 0 Å². The van der Waals surface area contributed by atoms with Crippen LogP contribution >= 0.6 is 11.6 Å². The molecule has 4 nitrogen and oxygen atoms in total. The number of carbonyl (C=O) groups excluding carboxylic acids is 1. The molecule has 5 heteroatoms. The summed E-state index contributed by atoms with van der Waals surface area (Å²) in [6.07, 6.45) is 0. The molecule has 0 atom stereocenters. The average molecular weight is 291 g/mol. The molecule has 0 aromatic heterocycles. The van der Waals surface area contributed by atoms with Gasteiger partial charge in [0.2, 0.25) is 5.91 Å². The number of halogens is 1. The van der Waals surface area contributed by atoms with Gasteiger partial charge in [-0.25, -0.2) is 0 Å². The summed E-state index contributed by atoms with van der Waals surface area (Å²) in [6, 6.07) is 15.0. The Morgan fingerprint density at radius 1 is 1.10 bits per heavy atom. The predicted molar refractivity (Wildman–Crippen MR) is 82.1 cm³/mol. The smallest absolute Gasteiger partial charge is 0.239 e. The number of para-hydroxylation sites is 2. The number of hydrogen-bond donors (Lipinski definition) is 2. The Bertz CT molecular complexity index is 585. The van der Waals surface area contributed by atoms with Gasteiger partial charge in [0.05, 0.1) is 18.5 Å². The van der Waals surface area contributed by atoms with Crippen LogP contribution in [0.2, 0.25) is 0 Å². The Kier molecular flexibility index (Phi) is 4.85. The summed E-state index contributed by atoms with van der Waals surface area (Å²) in [4.78, 5) is 11.4. The lowest BCUT2D eigenvalue weighted by molar-refractivity contribution is -0.113. The molecule has 0 aliphatic rings. The van der Waals surface area contributed by atoms with Gasteiger partial charge in [0, 0.05) is 5.69 Å². The molecule has 0 saturated heterocycles. The van der Waals surface area contributed by atoms with Crippen molar-refractivity contribution in [3.63, 3.8) is 0 Å². The number of rotatable bonds is 5. The first-order chi connectivity index (χ1) is 9.72. The molecule has 1 amide bonds. The Morgan fingerprint density at radius 2 is 1.75 bits per heavy atom. The summed E-state index contributed by atoms with van der Waals surface area (Å²) in [6.45, 7) is 0. The highest BCUT2D eigenvalue weighted by atomic mass is 35.5. The Labute approximate surface area is 122 Å². The first-order valence-corrected chi connectivity index (χ1v) is 6.62. The molecular weight excluding hydrogens is 276 g/mol. The predicted octanol–water partition coefficient (Wildman–Crippen LogP) is 3.62. The first-order valence-electron chi connectivity index (χ1n) is 6.09. The fourth-order valence-corrected chi connectivity index (χ4v) is 1.78. The van der Waals surface area contributed by atoms with E-state index in [9.17, 15) is 4.79 Å². The van der Waals surface area contributed by atoms with Crippen molar-refractivity contribution in [1.82, 2.24) is 0 Å². The molecule has 0 unspecified atom stereocenters. The Balaban J connectivity index is 2.17. The van der Waals surface area contributed by atoms with Crippen molar-refractivity contribution in [2.45, 2.75) is 0 Å². The van der Waals surface area contributed by atoms with Gasteiger partial charge < -0.3 is 15.4 Å². The molecule has 2 aromatic rings. The number of amides is 1. The van der Waals surface area contributed by atoms with Gasteiger partial charge in [-0.05, 0) is 36.4 Å². The van der Waals surface area contributed by atoms with Crippen LogP contribution in [0.1, 0.15) is 0 Å². The lowest BCUT2D eigenvalue weighted by atomic mass is 10.2. The fraction of sp³-hybridized carbons (Fsp3) is 0.133. The summed E-state index contributed by atoms with van der Waals surface area (Å²) < 4.78 is 5.11. The SMILES string of the molecule is COc1ccc(Nc2ccccc2NC(=O)CCl)cc1. The number of hydrogen-bond acceptors (Lipinski definition) is 3. The van der Waals surface area contributed by atoms with Gasteiger partial charge >= 0.3 is 0 Å². The average Bonchev–Trinajstić information content (AvgIpc) is 2.50. The van der Waals surface area contributed by atoms with Gasteiger partial charge in [0.1, 0.15) is 11.6 Å². The molecule has 0 spiro atoms. The first kappa shape index (κ1) is 14.2. The van der Waals surface area contributed by atoms with Crippen LogP contribution in [0, 0.1) is 0 Å². The molecule has 0 radical (unpaired) electrons. The zero-order valence-corrected chi connectivity index (χ0v) is 11.8. The Morgan fingerprint density at radius 3 is 2.35 bits per heavy atom. The minimum atomic E-state index is -0.240. The molecule has 2 rings (SSSR count). The molecule has 0 heterocycles. The monoisotopic (exact) mass is 290 g/mol. The van der Waals surface area contributed by atoms with E-state index in [4.69, 9.17) is 16.3 Å². The van der Waals surface area contributed by atoms with Crippen molar-refractivity contribution in [3.05, 3.63) is 48.5 Å². The van der Waals surface area contributed by atoms with E-state index in [-0.39, 0.29) is 11.8 Å². The standard InChI is InChI=1S/C15H15ClN2O2/c1-20-12-8-6-11(7-9-12)17-13-4-2-3-5-14(13)18-15(19)10-16/h2-9,17H,10H2,1H3,(H,18,19). The number of benzene rings is 2. The number of alkyl halides is 1. The molecule has 0 fully saturated rings. The van der Waals surface area contributed by atoms with Crippen molar-refractivity contribution < 1.29 is 9.53 Å². The molecule has 2 N–H and O–H groups in total. The number of ether oxygens (including phenoxy) is 1. The van der Waals surface area contributed by atoms with E-state index in [0.717, 1.165) is 17.1 Å². The minimum Gasteiger partial charge on any atom is -0.497 e. The van der Waals surface area contributed by atoms with Crippen LogP contribution < -0.4 is 15.4 Å². The molecule has 20 heavy (non-hydrogen) atoms. The second-order valence-corrected chi connectivity index (χ2v) is 4.35. The topological polar surface area (TPSA) is 50.4 Å². The van der Waals surface area contributed by atoms with E-state index in [1.54, 1.807) is 7.11 Å². The van der Waals surface area contributed by atoms with E-state index in [2.05, 4.69) is 10.6 Å². The third-order valence-electron chi connectivity index (χ3n) is 2.69. The van der Waals surface area contributed by atoms with Crippen LogP contribution in [0.25, 0.3) is 0 Å². The summed E-state index contributed by atoms with van der Waals surface area (Å²) in [7, 11) is 1.62. The third-order valence-corrected chi connectivity index (χ3v) is 2.93. The molecule has 0 aliphatic heterocycles. The van der Waals surface area contributed by atoms with E-state index in [1.807, 2.05) is 48.5 Å². The highest BCUT2D eigenvalue weighted by molar-refractivity contribution is 6.29. The van der Waals surface area contributed by atoms with Crippen molar-refractivity contribution in [3.8, 4) is 5.75 Å². The van der Waals surface area contributed by atoms with Crippen molar-refractivity contribution >= 4 is 34.6 Å².